The molecule has 0 unspecified atom stereocenters. The number of hydrogen-bond donors (Lipinski definition) is 2. The standard InChI is InChI=1S/C15H20N2O6S2/c18-14(19)11-24-10-5-16-15(20)12-3-1-2-4-13(12)25(21,22)17-6-8-23-9-7-17/h1-4H,5-11H2,(H,16,20)(H,18,19). The predicted molar refractivity (Wildman–Crippen MR) is 93.3 cm³/mol. The molecule has 0 radical (unpaired) electrons. The van der Waals surface area contributed by atoms with Gasteiger partial charge >= 0.3 is 5.97 Å². The molecule has 0 bridgehead atoms. The molecule has 1 aromatic rings. The number of thioether (sulfide) groups is 1. The average molecular weight is 388 g/mol. The van der Waals surface area contributed by atoms with Gasteiger partial charge in [-0.25, -0.2) is 8.42 Å². The van der Waals surface area contributed by atoms with Gasteiger partial charge in [0.1, 0.15) is 0 Å². The third-order valence-electron chi connectivity index (χ3n) is 3.48. The molecule has 1 aliphatic heterocycles. The number of carboxylic acids is 1. The lowest BCUT2D eigenvalue weighted by molar-refractivity contribution is -0.133. The molecule has 0 atom stereocenters. The monoisotopic (exact) mass is 388 g/mol. The van der Waals surface area contributed by atoms with Crippen molar-refractivity contribution in [2.45, 2.75) is 4.90 Å². The van der Waals surface area contributed by atoms with Crippen molar-refractivity contribution in [3.05, 3.63) is 29.8 Å². The number of amides is 1. The predicted octanol–water partition coefficient (Wildman–Crippen LogP) is 0.255. The largest absolute Gasteiger partial charge is 0.481 e. The van der Waals surface area contributed by atoms with Crippen LogP contribution in [-0.4, -0.2) is 74.1 Å². The molecule has 2 rings (SSSR count). The first kappa shape index (κ1) is 19.7. The first-order valence-electron chi connectivity index (χ1n) is 7.67. The number of aliphatic carboxylic acids is 1. The van der Waals surface area contributed by atoms with E-state index in [1.54, 1.807) is 12.1 Å². The van der Waals surface area contributed by atoms with Crippen molar-refractivity contribution in [1.82, 2.24) is 9.62 Å². The normalized spacial score (nSPS) is 15.7. The fraction of sp³-hybridized carbons (Fsp3) is 0.467. The van der Waals surface area contributed by atoms with Crippen LogP contribution in [0.2, 0.25) is 0 Å². The Morgan fingerprint density at radius 3 is 2.60 bits per heavy atom. The molecule has 0 aromatic heterocycles. The highest BCUT2D eigenvalue weighted by molar-refractivity contribution is 7.99. The van der Waals surface area contributed by atoms with Gasteiger partial charge in [-0.15, -0.1) is 11.8 Å². The Morgan fingerprint density at radius 2 is 1.92 bits per heavy atom. The van der Waals surface area contributed by atoms with Crippen LogP contribution in [0.4, 0.5) is 0 Å². The molecule has 1 aliphatic rings. The molecule has 25 heavy (non-hydrogen) atoms. The molecule has 2 N–H and O–H groups in total. The van der Waals surface area contributed by atoms with Crippen LogP contribution in [0.25, 0.3) is 0 Å². The first-order chi connectivity index (χ1) is 11.9. The molecular weight excluding hydrogens is 368 g/mol. The number of carboxylic acid groups (broad SMARTS) is 1. The number of nitrogens with zero attached hydrogens (tertiary/aromatic N) is 1. The molecule has 1 saturated heterocycles. The van der Waals surface area contributed by atoms with E-state index in [-0.39, 0.29) is 35.8 Å². The number of carbonyl (C=O) groups excluding carboxylic acids is 1. The summed E-state index contributed by atoms with van der Waals surface area (Å²) in [6.45, 7) is 1.42. The van der Waals surface area contributed by atoms with E-state index in [4.69, 9.17) is 9.84 Å². The number of rotatable bonds is 8. The Hall–Kier alpha value is -1.62. The summed E-state index contributed by atoms with van der Waals surface area (Å²) in [6, 6.07) is 6.06. The summed E-state index contributed by atoms with van der Waals surface area (Å²) < 4.78 is 32.1. The van der Waals surface area contributed by atoms with E-state index in [1.165, 1.54) is 28.2 Å². The van der Waals surface area contributed by atoms with Gasteiger partial charge in [-0.2, -0.15) is 4.31 Å². The van der Waals surface area contributed by atoms with Crippen molar-refractivity contribution in [2.75, 3.05) is 44.4 Å². The zero-order chi connectivity index (χ0) is 18.3. The smallest absolute Gasteiger partial charge is 0.313 e. The molecule has 0 saturated carbocycles. The van der Waals surface area contributed by atoms with Crippen molar-refractivity contribution in [1.29, 1.82) is 0 Å². The molecular formula is C15H20N2O6S2. The van der Waals surface area contributed by atoms with E-state index in [2.05, 4.69) is 5.32 Å². The Kier molecular flexibility index (Phi) is 7.24. The van der Waals surface area contributed by atoms with Gasteiger partial charge in [-0.05, 0) is 12.1 Å². The van der Waals surface area contributed by atoms with Gasteiger partial charge in [0.15, 0.2) is 0 Å². The number of carbonyl (C=O) groups is 2. The topological polar surface area (TPSA) is 113 Å². The number of benzene rings is 1. The van der Waals surface area contributed by atoms with E-state index in [1.807, 2.05) is 0 Å². The molecule has 1 fully saturated rings. The lowest BCUT2D eigenvalue weighted by Gasteiger charge is -2.26. The van der Waals surface area contributed by atoms with Gasteiger partial charge in [0.2, 0.25) is 10.0 Å². The molecule has 0 aliphatic carbocycles. The zero-order valence-electron chi connectivity index (χ0n) is 13.5. The maximum absolute atomic E-state index is 12.8. The fourth-order valence-corrected chi connectivity index (χ4v) is 4.46. The Labute approximate surface area is 150 Å². The second-order valence-corrected chi connectivity index (χ2v) is 8.23. The van der Waals surface area contributed by atoms with Crippen molar-refractivity contribution >= 4 is 33.7 Å². The molecule has 0 spiro atoms. The van der Waals surface area contributed by atoms with Crippen LogP contribution >= 0.6 is 11.8 Å². The maximum Gasteiger partial charge on any atom is 0.313 e. The van der Waals surface area contributed by atoms with Crippen LogP contribution in [0, 0.1) is 0 Å². The minimum atomic E-state index is -3.77. The van der Waals surface area contributed by atoms with Crippen molar-refractivity contribution in [3.8, 4) is 0 Å². The van der Waals surface area contributed by atoms with Crippen LogP contribution in [0.3, 0.4) is 0 Å². The lowest BCUT2D eigenvalue weighted by Crippen LogP contribution is -2.41. The third kappa shape index (κ3) is 5.43. The summed E-state index contributed by atoms with van der Waals surface area (Å²) in [5.74, 6) is -1.03. The van der Waals surface area contributed by atoms with E-state index in [0.717, 1.165) is 0 Å². The van der Waals surface area contributed by atoms with E-state index in [9.17, 15) is 18.0 Å². The molecule has 1 aromatic carbocycles. The summed E-state index contributed by atoms with van der Waals surface area (Å²) in [5.41, 5.74) is 0.0808. The minimum absolute atomic E-state index is 0.0346. The Balaban J connectivity index is 2.06. The van der Waals surface area contributed by atoms with Crippen LogP contribution in [0.15, 0.2) is 29.2 Å². The summed E-state index contributed by atoms with van der Waals surface area (Å²) in [4.78, 5) is 22.7. The van der Waals surface area contributed by atoms with Crippen molar-refractivity contribution in [3.63, 3.8) is 0 Å². The molecule has 8 nitrogen and oxygen atoms in total. The third-order valence-corrected chi connectivity index (χ3v) is 6.38. The second-order valence-electron chi connectivity index (χ2n) is 5.21. The summed E-state index contributed by atoms with van der Waals surface area (Å²) in [5, 5.41) is 11.2. The second kappa shape index (κ2) is 9.18. The maximum atomic E-state index is 12.8. The highest BCUT2D eigenvalue weighted by Crippen LogP contribution is 2.21. The van der Waals surface area contributed by atoms with Gasteiger partial charge in [-0.3, -0.25) is 9.59 Å². The molecule has 138 valence electrons. The Morgan fingerprint density at radius 1 is 1.24 bits per heavy atom. The van der Waals surface area contributed by atoms with Crippen molar-refractivity contribution in [2.24, 2.45) is 0 Å². The summed E-state index contributed by atoms with van der Waals surface area (Å²) in [6.07, 6.45) is 0. The number of hydrogen-bond acceptors (Lipinski definition) is 6. The average Bonchev–Trinajstić information content (AvgIpc) is 2.61. The number of sulfonamides is 1. The minimum Gasteiger partial charge on any atom is -0.481 e. The molecule has 1 amide bonds. The number of ether oxygens (including phenoxy) is 1. The highest BCUT2D eigenvalue weighted by atomic mass is 32.2. The SMILES string of the molecule is O=C(O)CSCCNC(=O)c1ccccc1S(=O)(=O)N1CCOCC1. The fourth-order valence-electron chi connectivity index (χ4n) is 2.30. The number of morpholine rings is 1. The van der Waals surface area contributed by atoms with Crippen LogP contribution < -0.4 is 5.32 Å². The highest BCUT2D eigenvalue weighted by Gasteiger charge is 2.29. The van der Waals surface area contributed by atoms with Gasteiger partial charge in [-0.1, -0.05) is 12.1 Å². The van der Waals surface area contributed by atoms with Gasteiger partial charge in [0.05, 0.1) is 29.4 Å². The first-order valence-corrected chi connectivity index (χ1v) is 10.3. The molecule has 10 heteroatoms. The van der Waals surface area contributed by atoms with Gasteiger partial charge < -0.3 is 15.2 Å². The lowest BCUT2D eigenvalue weighted by atomic mass is 10.2. The summed E-state index contributed by atoms with van der Waals surface area (Å²) >= 11 is 1.18. The van der Waals surface area contributed by atoms with Crippen molar-refractivity contribution < 1.29 is 27.9 Å². The van der Waals surface area contributed by atoms with Crippen LogP contribution in [0.1, 0.15) is 10.4 Å². The van der Waals surface area contributed by atoms with E-state index in [0.29, 0.717) is 19.0 Å². The van der Waals surface area contributed by atoms with Crippen LogP contribution in [-0.2, 0) is 19.6 Å². The quantitative estimate of drug-likeness (QED) is 0.614. The summed E-state index contributed by atoms with van der Waals surface area (Å²) in [7, 11) is -3.77. The number of nitrogens with one attached hydrogen (secondary N) is 1. The zero-order valence-corrected chi connectivity index (χ0v) is 15.1. The Bertz CT molecular complexity index is 716. The van der Waals surface area contributed by atoms with Crippen LogP contribution in [0.5, 0.6) is 0 Å². The molecule has 1 heterocycles. The van der Waals surface area contributed by atoms with E-state index < -0.39 is 21.9 Å². The van der Waals surface area contributed by atoms with E-state index >= 15 is 0 Å². The van der Waals surface area contributed by atoms with Gasteiger partial charge in [0, 0.05) is 25.4 Å². The van der Waals surface area contributed by atoms with Gasteiger partial charge in [0.25, 0.3) is 5.91 Å².